The second kappa shape index (κ2) is 3.40. The maximum Gasteiger partial charge on any atom is -0.0269 e. The third-order valence-corrected chi connectivity index (χ3v) is 3.95. The van der Waals surface area contributed by atoms with Gasteiger partial charge in [-0.05, 0) is 36.0 Å². The van der Waals surface area contributed by atoms with Crippen LogP contribution in [0.1, 0.15) is 53.9 Å². The third kappa shape index (κ3) is 1.84. The van der Waals surface area contributed by atoms with Gasteiger partial charge in [-0.15, -0.1) is 0 Å². The molecule has 0 radical (unpaired) electrons. The van der Waals surface area contributed by atoms with Crippen LogP contribution in [0.5, 0.6) is 0 Å². The zero-order chi connectivity index (χ0) is 9.35. The first-order valence-corrected chi connectivity index (χ1v) is 5.50. The van der Waals surface area contributed by atoms with Gasteiger partial charge in [0.1, 0.15) is 0 Å². The second-order valence-electron chi connectivity index (χ2n) is 5.35. The monoisotopic (exact) mass is 168 g/mol. The van der Waals surface area contributed by atoms with Crippen LogP contribution in [-0.2, 0) is 0 Å². The smallest absolute Gasteiger partial charge is 0.0269 e. The Morgan fingerprint density at radius 3 is 2.33 bits per heavy atom. The lowest BCUT2D eigenvalue weighted by Crippen LogP contribution is -2.11. The Morgan fingerprint density at radius 2 is 1.92 bits per heavy atom. The normalized spacial score (nSPS) is 37.0. The SMILES string of the molecule is CCC(C)C1(C)CC1CC(C)C. The van der Waals surface area contributed by atoms with Crippen molar-refractivity contribution in [2.75, 3.05) is 0 Å². The highest BCUT2D eigenvalue weighted by molar-refractivity contribution is 5.01. The van der Waals surface area contributed by atoms with Gasteiger partial charge in [0.15, 0.2) is 0 Å². The van der Waals surface area contributed by atoms with Crippen molar-refractivity contribution in [3.05, 3.63) is 0 Å². The highest BCUT2D eigenvalue weighted by Crippen LogP contribution is 2.60. The molecule has 3 unspecified atom stereocenters. The highest BCUT2D eigenvalue weighted by atomic mass is 14.6. The van der Waals surface area contributed by atoms with Crippen molar-refractivity contribution in [3.8, 4) is 0 Å². The van der Waals surface area contributed by atoms with E-state index in [2.05, 4.69) is 34.6 Å². The van der Waals surface area contributed by atoms with Crippen LogP contribution in [0.25, 0.3) is 0 Å². The van der Waals surface area contributed by atoms with E-state index in [1.165, 1.54) is 19.3 Å². The topological polar surface area (TPSA) is 0 Å². The molecule has 0 saturated heterocycles. The molecule has 0 bridgehead atoms. The van der Waals surface area contributed by atoms with Crippen molar-refractivity contribution in [1.82, 2.24) is 0 Å². The Bertz CT molecular complexity index is 148. The van der Waals surface area contributed by atoms with E-state index in [4.69, 9.17) is 0 Å². The predicted molar refractivity (Wildman–Crippen MR) is 55.1 cm³/mol. The summed E-state index contributed by atoms with van der Waals surface area (Å²) in [7, 11) is 0. The molecule has 0 heterocycles. The summed E-state index contributed by atoms with van der Waals surface area (Å²) in [5, 5.41) is 0. The molecule has 0 aromatic rings. The quantitative estimate of drug-likeness (QED) is 0.592. The minimum Gasteiger partial charge on any atom is -0.0651 e. The minimum absolute atomic E-state index is 0.707. The lowest BCUT2D eigenvalue weighted by Gasteiger charge is -2.19. The Kier molecular flexibility index (Phi) is 2.85. The number of rotatable bonds is 4. The van der Waals surface area contributed by atoms with Gasteiger partial charge in [0.25, 0.3) is 0 Å². The van der Waals surface area contributed by atoms with Gasteiger partial charge >= 0.3 is 0 Å². The third-order valence-electron chi connectivity index (χ3n) is 3.95. The molecule has 0 aromatic heterocycles. The molecule has 0 N–H and O–H groups in total. The molecule has 1 fully saturated rings. The van der Waals surface area contributed by atoms with E-state index in [0.29, 0.717) is 5.41 Å². The molecule has 0 heteroatoms. The van der Waals surface area contributed by atoms with Gasteiger partial charge in [0.2, 0.25) is 0 Å². The maximum absolute atomic E-state index is 2.48. The van der Waals surface area contributed by atoms with E-state index in [1.54, 1.807) is 0 Å². The first-order chi connectivity index (χ1) is 5.50. The number of hydrogen-bond donors (Lipinski definition) is 0. The summed E-state index contributed by atoms with van der Waals surface area (Å²) in [6.07, 6.45) is 4.28. The average Bonchev–Trinajstić information content (AvgIpc) is 2.60. The first-order valence-electron chi connectivity index (χ1n) is 5.50. The summed E-state index contributed by atoms with van der Waals surface area (Å²) >= 11 is 0. The average molecular weight is 168 g/mol. The van der Waals surface area contributed by atoms with Crippen molar-refractivity contribution in [2.45, 2.75) is 53.9 Å². The molecule has 0 aromatic carbocycles. The standard InChI is InChI=1S/C12H24/c1-6-10(4)12(5)8-11(12)7-9(2)3/h9-11H,6-8H2,1-5H3. The minimum atomic E-state index is 0.707. The Morgan fingerprint density at radius 1 is 1.33 bits per heavy atom. The largest absolute Gasteiger partial charge is 0.0651 e. The van der Waals surface area contributed by atoms with Gasteiger partial charge in [-0.3, -0.25) is 0 Å². The van der Waals surface area contributed by atoms with E-state index >= 15 is 0 Å². The summed E-state index contributed by atoms with van der Waals surface area (Å²) in [5.74, 6) is 2.86. The summed E-state index contributed by atoms with van der Waals surface area (Å²) in [6.45, 7) is 11.9. The lowest BCUT2D eigenvalue weighted by molar-refractivity contribution is 0.305. The fraction of sp³-hybridized carbons (Fsp3) is 1.00. The zero-order valence-electron chi connectivity index (χ0n) is 9.35. The summed E-state index contributed by atoms with van der Waals surface area (Å²) in [5.41, 5.74) is 0.707. The summed E-state index contributed by atoms with van der Waals surface area (Å²) in [6, 6.07) is 0. The van der Waals surface area contributed by atoms with Crippen LogP contribution in [0, 0.1) is 23.2 Å². The van der Waals surface area contributed by atoms with Gasteiger partial charge in [-0.1, -0.05) is 41.0 Å². The van der Waals surface area contributed by atoms with Crippen molar-refractivity contribution in [2.24, 2.45) is 23.2 Å². The summed E-state index contributed by atoms with van der Waals surface area (Å²) in [4.78, 5) is 0. The van der Waals surface area contributed by atoms with Crippen LogP contribution in [0.4, 0.5) is 0 Å². The van der Waals surface area contributed by atoms with Crippen LogP contribution in [0.3, 0.4) is 0 Å². The first kappa shape index (κ1) is 10.1. The van der Waals surface area contributed by atoms with E-state index in [0.717, 1.165) is 17.8 Å². The molecular formula is C12H24. The molecular weight excluding hydrogens is 144 g/mol. The zero-order valence-corrected chi connectivity index (χ0v) is 9.35. The summed E-state index contributed by atoms with van der Waals surface area (Å²) < 4.78 is 0. The fourth-order valence-corrected chi connectivity index (χ4v) is 2.46. The van der Waals surface area contributed by atoms with Crippen LogP contribution < -0.4 is 0 Å². The van der Waals surface area contributed by atoms with Gasteiger partial charge in [-0.25, -0.2) is 0 Å². The highest BCUT2D eigenvalue weighted by Gasteiger charge is 2.52. The molecule has 1 aliphatic rings. The molecule has 3 atom stereocenters. The molecule has 1 aliphatic carbocycles. The molecule has 0 spiro atoms. The second-order valence-corrected chi connectivity index (χ2v) is 5.35. The van der Waals surface area contributed by atoms with Gasteiger partial charge in [-0.2, -0.15) is 0 Å². The van der Waals surface area contributed by atoms with E-state index in [-0.39, 0.29) is 0 Å². The van der Waals surface area contributed by atoms with E-state index in [9.17, 15) is 0 Å². The molecule has 1 saturated carbocycles. The van der Waals surface area contributed by atoms with E-state index < -0.39 is 0 Å². The van der Waals surface area contributed by atoms with Crippen molar-refractivity contribution in [1.29, 1.82) is 0 Å². The van der Waals surface area contributed by atoms with Crippen molar-refractivity contribution in [3.63, 3.8) is 0 Å². The van der Waals surface area contributed by atoms with Crippen molar-refractivity contribution < 1.29 is 0 Å². The van der Waals surface area contributed by atoms with Gasteiger partial charge < -0.3 is 0 Å². The number of hydrogen-bond acceptors (Lipinski definition) is 0. The van der Waals surface area contributed by atoms with Gasteiger partial charge in [0.05, 0.1) is 0 Å². The fourth-order valence-electron chi connectivity index (χ4n) is 2.46. The Hall–Kier alpha value is 0. The molecule has 1 rings (SSSR count). The molecule has 12 heavy (non-hydrogen) atoms. The van der Waals surface area contributed by atoms with Crippen LogP contribution >= 0.6 is 0 Å². The van der Waals surface area contributed by atoms with Crippen LogP contribution in [-0.4, -0.2) is 0 Å². The van der Waals surface area contributed by atoms with Crippen LogP contribution in [0.2, 0.25) is 0 Å². The molecule has 0 aliphatic heterocycles. The Balaban J connectivity index is 2.37. The Labute approximate surface area is 77.7 Å². The van der Waals surface area contributed by atoms with Crippen molar-refractivity contribution >= 4 is 0 Å². The molecule has 0 nitrogen and oxygen atoms in total. The predicted octanol–water partition coefficient (Wildman–Crippen LogP) is 4.10. The van der Waals surface area contributed by atoms with Gasteiger partial charge in [0, 0.05) is 0 Å². The lowest BCUT2D eigenvalue weighted by atomic mass is 9.86. The molecule has 72 valence electrons. The van der Waals surface area contributed by atoms with E-state index in [1.807, 2.05) is 0 Å². The molecule has 0 amide bonds. The maximum atomic E-state index is 2.48. The van der Waals surface area contributed by atoms with Crippen LogP contribution in [0.15, 0.2) is 0 Å².